The van der Waals surface area contributed by atoms with Gasteiger partial charge < -0.3 is 5.32 Å². The van der Waals surface area contributed by atoms with Gasteiger partial charge in [0.05, 0.1) is 23.9 Å². The third-order valence-electron chi connectivity index (χ3n) is 2.78. The van der Waals surface area contributed by atoms with E-state index in [9.17, 15) is 4.79 Å². The summed E-state index contributed by atoms with van der Waals surface area (Å²) in [7, 11) is 0. The molecule has 1 aromatic carbocycles. The van der Waals surface area contributed by atoms with Crippen molar-refractivity contribution in [2.75, 3.05) is 12.3 Å². The summed E-state index contributed by atoms with van der Waals surface area (Å²) in [5, 5.41) is 19.7. The van der Waals surface area contributed by atoms with E-state index in [2.05, 4.69) is 15.5 Å². The van der Waals surface area contributed by atoms with Crippen LogP contribution in [0.25, 0.3) is 5.69 Å². The second-order valence-corrected chi connectivity index (χ2v) is 5.26. The number of nitriles is 1. The lowest BCUT2D eigenvalue weighted by molar-refractivity contribution is -0.118. The van der Waals surface area contributed by atoms with Crippen LogP contribution < -0.4 is 5.32 Å². The number of benzene rings is 1. The van der Waals surface area contributed by atoms with Crippen LogP contribution in [-0.2, 0) is 4.79 Å². The summed E-state index contributed by atoms with van der Waals surface area (Å²) in [6.07, 6.45) is 1.95. The number of carbonyl (C=O) groups excluding carboxylic acids is 1. The molecule has 0 spiro atoms. The number of aromatic nitrogens is 3. The van der Waals surface area contributed by atoms with Crippen LogP contribution in [0.5, 0.6) is 0 Å². The van der Waals surface area contributed by atoms with Gasteiger partial charge in [-0.15, -0.1) is 10.2 Å². The van der Waals surface area contributed by atoms with Crippen molar-refractivity contribution in [3.63, 3.8) is 0 Å². The van der Waals surface area contributed by atoms with Crippen LogP contribution in [0.4, 0.5) is 0 Å². The number of amides is 1. The van der Waals surface area contributed by atoms with Crippen LogP contribution in [0, 0.1) is 18.3 Å². The smallest absolute Gasteiger partial charge is 0.230 e. The van der Waals surface area contributed by atoms with Gasteiger partial charge in [-0.3, -0.25) is 9.36 Å². The minimum absolute atomic E-state index is 0.116. The van der Waals surface area contributed by atoms with Gasteiger partial charge in [0.2, 0.25) is 5.91 Å². The maximum atomic E-state index is 11.6. The van der Waals surface area contributed by atoms with Gasteiger partial charge in [0.25, 0.3) is 0 Å². The Hall–Kier alpha value is -2.33. The fourth-order valence-corrected chi connectivity index (χ4v) is 2.51. The molecule has 1 heterocycles. The summed E-state index contributed by atoms with van der Waals surface area (Å²) in [4.78, 5) is 11.6. The van der Waals surface area contributed by atoms with Gasteiger partial charge in [-0.05, 0) is 18.6 Å². The number of carbonyl (C=O) groups is 1. The molecule has 21 heavy (non-hydrogen) atoms. The van der Waals surface area contributed by atoms with E-state index in [-0.39, 0.29) is 11.7 Å². The first-order valence-electron chi connectivity index (χ1n) is 6.45. The number of para-hydroxylation sites is 1. The number of nitrogens with zero attached hydrogens (tertiary/aromatic N) is 4. The fourth-order valence-electron chi connectivity index (χ4n) is 1.76. The Balaban J connectivity index is 2.00. The molecule has 0 aliphatic heterocycles. The summed E-state index contributed by atoms with van der Waals surface area (Å²) in [6.45, 7) is 2.39. The molecule has 7 heteroatoms. The van der Waals surface area contributed by atoms with E-state index in [1.165, 1.54) is 11.8 Å². The van der Waals surface area contributed by atoms with Gasteiger partial charge in [0, 0.05) is 6.54 Å². The maximum Gasteiger partial charge on any atom is 0.230 e. The lowest BCUT2D eigenvalue weighted by Gasteiger charge is -2.08. The first-order valence-corrected chi connectivity index (χ1v) is 7.43. The summed E-state index contributed by atoms with van der Waals surface area (Å²) < 4.78 is 1.86. The third-order valence-corrected chi connectivity index (χ3v) is 3.73. The molecule has 0 fully saturated rings. The summed E-state index contributed by atoms with van der Waals surface area (Å²) in [6, 6.07) is 9.90. The molecule has 0 bridgehead atoms. The number of nitrogens with one attached hydrogen (secondary N) is 1. The van der Waals surface area contributed by atoms with Crippen molar-refractivity contribution in [3.8, 4) is 11.8 Å². The van der Waals surface area contributed by atoms with Crippen molar-refractivity contribution in [1.29, 1.82) is 5.26 Å². The number of rotatable bonds is 6. The normalized spacial score (nSPS) is 10.1. The highest BCUT2D eigenvalue weighted by atomic mass is 32.2. The Morgan fingerprint density at radius 2 is 2.29 bits per heavy atom. The quantitative estimate of drug-likeness (QED) is 0.648. The van der Waals surface area contributed by atoms with E-state index in [0.717, 1.165) is 11.3 Å². The van der Waals surface area contributed by atoms with E-state index >= 15 is 0 Å². The van der Waals surface area contributed by atoms with Gasteiger partial charge in [-0.2, -0.15) is 5.26 Å². The van der Waals surface area contributed by atoms with Crippen molar-refractivity contribution in [2.24, 2.45) is 0 Å². The molecule has 0 unspecified atom stereocenters. The average Bonchev–Trinajstić information content (AvgIpc) is 2.94. The molecule has 2 rings (SSSR count). The van der Waals surface area contributed by atoms with Gasteiger partial charge in [-0.1, -0.05) is 30.0 Å². The van der Waals surface area contributed by atoms with Crippen LogP contribution in [0.15, 0.2) is 35.7 Å². The zero-order chi connectivity index (χ0) is 15.1. The standard InChI is InChI=1S/C14H15N5OS/c1-11-5-2-3-6-12(11)19-10-17-18-14(19)21-9-13(20)16-8-4-7-15/h2-3,5-6,10H,4,8-9H2,1H3,(H,16,20). The second-order valence-electron chi connectivity index (χ2n) is 4.32. The van der Waals surface area contributed by atoms with E-state index in [1.807, 2.05) is 41.8 Å². The van der Waals surface area contributed by atoms with Gasteiger partial charge in [0.15, 0.2) is 5.16 Å². The Labute approximate surface area is 127 Å². The van der Waals surface area contributed by atoms with Gasteiger partial charge >= 0.3 is 0 Å². The van der Waals surface area contributed by atoms with Crippen molar-refractivity contribution < 1.29 is 4.79 Å². The first-order chi connectivity index (χ1) is 10.2. The van der Waals surface area contributed by atoms with Crippen LogP contribution in [0.3, 0.4) is 0 Å². The lowest BCUT2D eigenvalue weighted by atomic mass is 10.2. The molecule has 6 nitrogen and oxygen atoms in total. The average molecular weight is 301 g/mol. The summed E-state index contributed by atoms with van der Waals surface area (Å²) in [5.74, 6) is 0.130. The lowest BCUT2D eigenvalue weighted by Crippen LogP contribution is -2.26. The predicted octanol–water partition coefficient (Wildman–Crippen LogP) is 1.70. The van der Waals surface area contributed by atoms with Crippen LogP contribution in [0.2, 0.25) is 0 Å². The minimum Gasteiger partial charge on any atom is -0.354 e. The molecule has 0 aliphatic rings. The largest absolute Gasteiger partial charge is 0.354 e. The fraction of sp³-hybridized carbons (Fsp3) is 0.286. The number of hydrogen-bond acceptors (Lipinski definition) is 5. The monoisotopic (exact) mass is 301 g/mol. The molecule has 1 aromatic heterocycles. The van der Waals surface area contributed by atoms with Gasteiger partial charge in [-0.25, -0.2) is 0 Å². The summed E-state index contributed by atoms with van der Waals surface area (Å²) >= 11 is 1.32. The highest BCUT2D eigenvalue weighted by Gasteiger charge is 2.11. The van der Waals surface area contributed by atoms with Crippen molar-refractivity contribution in [3.05, 3.63) is 36.2 Å². The SMILES string of the molecule is Cc1ccccc1-n1cnnc1SCC(=O)NCCC#N. The van der Waals surface area contributed by atoms with Crippen LogP contribution in [-0.4, -0.2) is 33.0 Å². The molecular weight excluding hydrogens is 286 g/mol. The summed E-state index contributed by atoms with van der Waals surface area (Å²) in [5.41, 5.74) is 2.10. The van der Waals surface area contributed by atoms with E-state index in [1.54, 1.807) is 6.33 Å². The number of hydrogen-bond donors (Lipinski definition) is 1. The highest BCUT2D eigenvalue weighted by molar-refractivity contribution is 7.99. The Bertz CT molecular complexity index is 661. The predicted molar refractivity (Wildman–Crippen MR) is 80.1 cm³/mol. The van der Waals surface area contributed by atoms with Crippen LogP contribution >= 0.6 is 11.8 Å². The molecule has 0 saturated heterocycles. The molecule has 0 aliphatic carbocycles. The zero-order valence-corrected chi connectivity index (χ0v) is 12.4. The minimum atomic E-state index is -0.116. The second kappa shape index (κ2) is 7.45. The van der Waals surface area contributed by atoms with Crippen LogP contribution in [0.1, 0.15) is 12.0 Å². The van der Waals surface area contributed by atoms with Crippen molar-refractivity contribution in [1.82, 2.24) is 20.1 Å². The zero-order valence-electron chi connectivity index (χ0n) is 11.6. The Morgan fingerprint density at radius 1 is 1.48 bits per heavy atom. The topological polar surface area (TPSA) is 83.6 Å². The molecule has 108 valence electrons. The number of aryl methyl sites for hydroxylation is 1. The van der Waals surface area contributed by atoms with E-state index < -0.39 is 0 Å². The molecule has 2 aromatic rings. The molecule has 0 saturated carbocycles. The van der Waals surface area contributed by atoms with Crippen molar-refractivity contribution >= 4 is 17.7 Å². The molecule has 1 N–H and O–H groups in total. The highest BCUT2D eigenvalue weighted by Crippen LogP contribution is 2.21. The van der Waals surface area contributed by atoms with Gasteiger partial charge in [0.1, 0.15) is 6.33 Å². The molecular formula is C14H15N5OS. The van der Waals surface area contributed by atoms with E-state index in [4.69, 9.17) is 5.26 Å². The van der Waals surface area contributed by atoms with E-state index in [0.29, 0.717) is 18.1 Å². The maximum absolute atomic E-state index is 11.6. The Morgan fingerprint density at radius 3 is 3.05 bits per heavy atom. The van der Waals surface area contributed by atoms with Crippen molar-refractivity contribution in [2.45, 2.75) is 18.5 Å². The third kappa shape index (κ3) is 4.07. The Kier molecular flexibility index (Phi) is 5.35. The molecule has 0 radical (unpaired) electrons. The number of thioether (sulfide) groups is 1. The molecule has 1 amide bonds. The first kappa shape index (κ1) is 15.1. The molecule has 0 atom stereocenters.